The van der Waals surface area contributed by atoms with E-state index in [1.807, 2.05) is 0 Å². The number of hydrogen-bond donors (Lipinski definition) is 1. The molecular weight excluding hydrogens is 162 g/mol. The fraction of sp³-hybridized carbons (Fsp3) is 0.900. The zero-order valence-electron chi connectivity index (χ0n) is 8.42. The van der Waals surface area contributed by atoms with Crippen molar-refractivity contribution in [2.45, 2.75) is 19.8 Å². The van der Waals surface area contributed by atoms with Crippen LogP contribution in [0.4, 0.5) is 0 Å². The highest BCUT2D eigenvalue weighted by Crippen LogP contribution is 2.12. The van der Waals surface area contributed by atoms with Crippen LogP contribution in [-0.2, 0) is 0 Å². The Hall–Kier alpha value is -0.590. The van der Waals surface area contributed by atoms with Gasteiger partial charge < -0.3 is 5.32 Å². The van der Waals surface area contributed by atoms with Gasteiger partial charge in [-0.15, -0.1) is 0 Å². The summed E-state index contributed by atoms with van der Waals surface area (Å²) < 4.78 is 0. The minimum Gasteiger partial charge on any atom is -0.317 e. The monoisotopic (exact) mass is 181 g/mol. The van der Waals surface area contributed by atoms with Crippen molar-refractivity contribution in [2.75, 3.05) is 32.7 Å². The van der Waals surface area contributed by atoms with E-state index in [0.717, 1.165) is 32.1 Å². The lowest BCUT2D eigenvalue weighted by Gasteiger charge is -2.27. The average molecular weight is 181 g/mol. The zero-order chi connectivity index (χ0) is 9.52. The van der Waals surface area contributed by atoms with Crippen molar-refractivity contribution >= 4 is 0 Å². The highest BCUT2D eigenvalue weighted by molar-refractivity contribution is 4.79. The second-order valence-electron chi connectivity index (χ2n) is 3.68. The highest BCUT2D eigenvalue weighted by Gasteiger charge is 2.15. The maximum atomic E-state index is 8.59. The van der Waals surface area contributed by atoms with Crippen LogP contribution in [-0.4, -0.2) is 37.6 Å². The highest BCUT2D eigenvalue weighted by atomic mass is 15.1. The Kier molecular flexibility index (Phi) is 4.81. The van der Waals surface area contributed by atoms with E-state index in [2.05, 4.69) is 23.2 Å². The molecule has 0 aromatic carbocycles. The van der Waals surface area contributed by atoms with Crippen molar-refractivity contribution in [1.82, 2.24) is 10.2 Å². The first-order chi connectivity index (χ1) is 6.36. The van der Waals surface area contributed by atoms with E-state index in [1.165, 1.54) is 12.8 Å². The van der Waals surface area contributed by atoms with E-state index < -0.39 is 0 Å². The predicted molar refractivity (Wildman–Crippen MR) is 53.3 cm³/mol. The molecule has 3 heteroatoms. The third-order valence-electron chi connectivity index (χ3n) is 2.72. The summed E-state index contributed by atoms with van der Waals surface area (Å²) in [5.74, 6) is 0.801. The summed E-state index contributed by atoms with van der Waals surface area (Å²) in [7, 11) is 0. The van der Waals surface area contributed by atoms with Gasteiger partial charge in [0, 0.05) is 6.54 Å². The molecule has 0 spiro atoms. The molecular formula is C10H19N3. The van der Waals surface area contributed by atoms with Gasteiger partial charge in [-0.1, -0.05) is 6.92 Å². The van der Waals surface area contributed by atoms with Crippen LogP contribution in [0.25, 0.3) is 0 Å². The molecule has 13 heavy (non-hydrogen) atoms. The van der Waals surface area contributed by atoms with Gasteiger partial charge in [0.25, 0.3) is 0 Å². The first-order valence-electron chi connectivity index (χ1n) is 5.16. The molecule has 0 aliphatic carbocycles. The predicted octanol–water partition coefficient (Wildman–Crippen LogP) is 0.831. The van der Waals surface area contributed by atoms with Crippen molar-refractivity contribution < 1.29 is 0 Å². The van der Waals surface area contributed by atoms with Crippen LogP contribution in [0.2, 0.25) is 0 Å². The smallest absolute Gasteiger partial charge is 0.0865 e. The van der Waals surface area contributed by atoms with Crippen LogP contribution in [0.3, 0.4) is 0 Å². The quantitative estimate of drug-likeness (QED) is 0.653. The zero-order valence-corrected chi connectivity index (χ0v) is 8.42. The summed E-state index contributed by atoms with van der Waals surface area (Å²) in [6.45, 7) is 7.10. The molecule has 0 aromatic heterocycles. The second kappa shape index (κ2) is 5.95. The minimum absolute atomic E-state index is 0.584. The lowest BCUT2D eigenvalue weighted by molar-refractivity contribution is 0.232. The molecule has 1 saturated heterocycles. The van der Waals surface area contributed by atoms with Gasteiger partial charge in [0.05, 0.1) is 12.6 Å². The lowest BCUT2D eigenvalue weighted by atomic mass is 9.97. The summed E-state index contributed by atoms with van der Waals surface area (Å²) in [4.78, 5) is 2.23. The van der Waals surface area contributed by atoms with Gasteiger partial charge in [-0.3, -0.25) is 4.90 Å². The van der Waals surface area contributed by atoms with Gasteiger partial charge in [-0.2, -0.15) is 5.26 Å². The summed E-state index contributed by atoms with van der Waals surface area (Å²) in [6, 6.07) is 2.22. The molecule has 1 rings (SSSR count). The van der Waals surface area contributed by atoms with E-state index in [-0.39, 0.29) is 0 Å². The summed E-state index contributed by atoms with van der Waals surface area (Å²) in [6.07, 6.45) is 2.53. The Morgan fingerprint density at radius 2 is 2.15 bits per heavy atom. The number of nitrogens with one attached hydrogen (secondary N) is 1. The first kappa shape index (κ1) is 10.5. The molecule has 0 bridgehead atoms. The molecule has 1 aliphatic heterocycles. The fourth-order valence-corrected chi connectivity index (χ4v) is 1.83. The van der Waals surface area contributed by atoms with E-state index >= 15 is 0 Å². The van der Waals surface area contributed by atoms with Gasteiger partial charge in [-0.25, -0.2) is 0 Å². The molecule has 0 saturated carbocycles. The molecule has 1 aliphatic rings. The van der Waals surface area contributed by atoms with Gasteiger partial charge in [0.1, 0.15) is 0 Å². The standard InChI is InChI=1S/C10H19N3/c1-2-13(8-5-11)9-10-3-6-12-7-4-10/h10,12H,2-4,6-9H2,1H3. The van der Waals surface area contributed by atoms with Gasteiger partial charge >= 0.3 is 0 Å². The third-order valence-corrected chi connectivity index (χ3v) is 2.72. The number of rotatable bonds is 4. The summed E-state index contributed by atoms with van der Waals surface area (Å²) in [5.41, 5.74) is 0. The van der Waals surface area contributed by atoms with Crippen molar-refractivity contribution in [3.63, 3.8) is 0 Å². The van der Waals surface area contributed by atoms with Crippen LogP contribution >= 0.6 is 0 Å². The van der Waals surface area contributed by atoms with Crippen LogP contribution in [0, 0.1) is 17.2 Å². The van der Waals surface area contributed by atoms with Crippen LogP contribution in [0.15, 0.2) is 0 Å². The Balaban J connectivity index is 2.23. The maximum Gasteiger partial charge on any atom is 0.0865 e. The molecule has 0 radical (unpaired) electrons. The van der Waals surface area contributed by atoms with Crippen LogP contribution < -0.4 is 5.32 Å². The molecule has 0 amide bonds. The summed E-state index contributed by atoms with van der Waals surface area (Å²) >= 11 is 0. The summed E-state index contributed by atoms with van der Waals surface area (Å²) in [5, 5.41) is 11.9. The molecule has 3 nitrogen and oxygen atoms in total. The topological polar surface area (TPSA) is 39.1 Å². The Bertz CT molecular complexity index is 167. The van der Waals surface area contributed by atoms with Crippen LogP contribution in [0.1, 0.15) is 19.8 Å². The van der Waals surface area contributed by atoms with Crippen molar-refractivity contribution in [3.05, 3.63) is 0 Å². The fourth-order valence-electron chi connectivity index (χ4n) is 1.83. The molecule has 0 unspecified atom stereocenters. The Morgan fingerprint density at radius 3 is 2.69 bits per heavy atom. The minimum atomic E-state index is 0.584. The van der Waals surface area contributed by atoms with Gasteiger partial charge in [0.15, 0.2) is 0 Å². The second-order valence-corrected chi connectivity index (χ2v) is 3.68. The van der Waals surface area contributed by atoms with E-state index in [9.17, 15) is 0 Å². The Morgan fingerprint density at radius 1 is 1.46 bits per heavy atom. The number of hydrogen-bond acceptors (Lipinski definition) is 3. The molecule has 1 N–H and O–H groups in total. The molecule has 1 heterocycles. The van der Waals surface area contributed by atoms with Gasteiger partial charge in [0.2, 0.25) is 0 Å². The number of nitrogens with zero attached hydrogens (tertiary/aromatic N) is 2. The van der Waals surface area contributed by atoms with E-state index in [0.29, 0.717) is 6.54 Å². The van der Waals surface area contributed by atoms with Gasteiger partial charge in [-0.05, 0) is 38.4 Å². The van der Waals surface area contributed by atoms with E-state index in [1.54, 1.807) is 0 Å². The molecule has 1 fully saturated rings. The molecule has 0 atom stereocenters. The largest absolute Gasteiger partial charge is 0.317 e. The third kappa shape index (κ3) is 3.75. The lowest BCUT2D eigenvalue weighted by Crippen LogP contribution is -2.36. The Labute approximate surface area is 80.7 Å². The SMILES string of the molecule is CCN(CC#N)CC1CCNCC1. The average Bonchev–Trinajstić information content (AvgIpc) is 2.19. The van der Waals surface area contributed by atoms with E-state index in [4.69, 9.17) is 5.26 Å². The maximum absolute atomic E-state index is 8.59. The van der Waals surface area contributed by atoms with Crippen LogP contribution in [0.5, 0.6) is 0 Å². The number of piperidine rings is 1. The van der Waals surface area contributed by atoms with Crippen molar-refractivity contribution in [1.29, 1.82) is 5.26 Å². The molecule has 0 aromatic rings. The van der Waals surface area contributed by atoms with Crippen molar-refractivity contribution in [3.8, 4) is 6.07 Å². The normalized spacial score (nSPS) is 18.8. The number of nitriles is 1. The first-order valence-corrected chi connectivity index (χ1v) is 5.16. The molecule has 74 valence electrons. The van der Waals surface area contributed by atoms with Crippen molar-refractivity contribution in [2.24, 2.45) is 5.92 Å².